The van der Waals surface area contributed by atoms with Crippen LogP contribution in [0.5, 0.6) is 0 Å². The third-order valence-corrected chi connectivity index (χ3v) is 4.75. The van der Waals surface area contributed by atoms with Crippen LogP contribution in [0.15, 0.2) is 24.4 Å². The van der Waals surface area contributed by atoms with E-state index in [0.29, 0.717) is 5.92 Å². The van der Waals surface area contributed by atoms with Crippen molar-refractivity contribution in [1.82, 2.24) is 9.38 Å². The van der Waals surface area contributed by atoms with E-state index in [4.69, 9.17) is 10.7 Å². The summed E-state index contributed by atoms with van der Waals surface area (Å²) in [5.41, 5.74) is 10.1. The number of hydrogen-bond acceptors (Lipinski definition) is 2. The predicted molar refractivity (Wildman–Crippen MR) is 87.4 cm³/mol. The van der Waals surface area contributed by atoms with Crippen LogP contribution in [-0.2, 0) is 5.41 Å². The molecule has 3 rings (SSSR count). The standard InChI is InChI=1S/C18H27N3/c1-18(2,3)17-16(15(19)13-9-5-4-6-10-13)21-12-8-7-11-14(21)20-17/h7-8,11-13,15H,4-6,9-10,19H2,1-3H3. The first-order valence-corrected chi connectivity index (χ1v) is 8.21. The molecule has 2 aromatic heterocycles. The van der Waals surface area contributed by atoms with E-state index in [0.717, 1.165) is 11.3 Å². The molecule has 114 valence electrons. The zero-order valence-corrected chi connectivity index (χ0v) is 13.5. The van der Waals surface area contributed by atoms with Gasteiger partial charge in [0.2, 0.25) is 0 Å². The predicted octanol–water partition coefficient (Wildman–Crippen LogP) is 4.21. The van der Waals surface area contributed by atoms with Crippen molar-refractivity contribution < 1.29 is 0 Å². The molecule has 0 aliphatic heterocycles. The Morgan fingerprint density at radius 3 is 2.57 bits per heavy atom. The third kappa shape index (κ3) is 2.71. The van der Waals surface area contributed by atoms with Gasteiger partial charge in [0.25, 0.3) is 0 Å². The largest absolute Gasteiger partial charge is 0.322 e. The molecule has 2 aromatic rings. The molecule has 0 aromatic carbocycles. The van der Waals surface area contributed by atoms with Gasteiger partial charge in [-0.1, -0.05) is 46.1 Å². The van der Waals surface area contributed by atoms with E-state index in [1.165, 1.54) is 37.8 Å². The zero-order chi connectivity index (χ0) is 15.0. The van der Waals surface area contributed by atoms with Gasteiger partial charge in [-0.15, -0.1) is 0 Å². The first kappa shape index (κ1) is 14.6. The molecule has 0 saturated heterocycles. The summed E-state index contributed by atoms with van der Waals surface area (Å²) in [6, 6.07) is 6.28. The Kier molecular flexibility index (Phi) is 3.78. The lowest BCUT2D eigenvalue weighted by Gasteiger charge is -2.29. The summed E-state index contributed by atoms with van der Waals surface area (Å²) < 4.78 is 2.21. The minimum atomic E-state index is 0.0215. The minimum Gasteiger partial charge on any atom is -0.322 e. The third-order valence-electron chi connectivity index (χ3n) is 4.75. The number of nitrogens with two attached hydrogens (primary N) is 1. The summed E-state index contributed by atoms with van der Waals surface area (Å²) in [6.45, 7) is 6.68. The molecular weight excluding hydrogens is 258 g/mol. The van der Waals surface area contributed by atoms with E-state index in [1.54, 1.807) is 0 Å². The molecule has 1 saturated carbocycles. The summed E-state index contributed by atoms with van der Waals surface area (Å²) in [5, 5.41) is 0. The lowest BCUT2D eigenvalue weighted by Crippen LogP contribution is -2.28. The zero-order valence-electron chi connectivity index (χ0n) is 13.5. The minimum absolute atomic E-state index is 0.0215. The SMILES string of the molecule is CC(C)(C)c1nc2ccccn2c1C(N)C1CCCCC1. The van der Waals surface area contributed by atoms with Crippen LogP contribution in [0.4, 0.5) is 0 Å². The lowest BCUT2D eigenvalue weighted by atomic mass is 9.80. The highest BCUT2D eigenvalue weighted by atomic mass is 15.0. The molecule has 0 bridgehead atoms. The quantitative estimate of drug-likeness (QED) is 0.898. The van der Waals surface area contributed by atoms with E-state index < -0.39 is 0 Å². The molecule has 2 N–H and O–H groups in total. The smallest absolute Gasteiger partial charge is 0.137 e. The van der Waals surface area contributed by atoms with E-state index >= 15 is 0 Å². The Labute approximate surface area is 127 Å². The van der Waals surface area contributed by atoms with Crippen molar-refractivity contribution in [1.29, 1.82) is 0 Å². The van der Waals surface area contributed by atoms with Gasteiger partial charge < -0.3 is 10.1 Å². The highest BCUT2D eigenvalue weighted by molar-refractivity contribution is 5.46. The van der Waals surface area contributed by atoms with Gasteiger partial charge in [0, 0.05) is 11.6 Å². The molecule has 1 atom stereocenters. The van der Waals surface area contributed by atoms with E-state index in [-0.39, 0.29) is 11.5 Å². The van der Waals surface area contributed by atoms with E-state index in [2.05, 4.69) is 43.5 Å². The molecule has 0 amide bonds. The normalized spacial score (nSPS) is 19.0. The molecule has 0 spiro atoms. The summed E-state index contributed by atoms with van der Waals surface area (Å²) in [6.07, 6.45) is 8.62. The van der Waals surface area contributed by atoms with Gasteiger partial charge in [0.1, 0.15) is 5.65 Å². The van der Waals surface area contributed by atoms with Crippen LogP contribution in [0.3, 0.4) is 0 Å². The van der Waals surface area contributed by atoms with Crippen LogP contribution >= 0.6 is 0 Å². The number of pyridine rings is 1. The Bertz CT molecular complexity index is 615. The second-order valence-electron chi connectivity index (χ2n) is 7.45. The van der Waals surface area contributed by atoms with Crippen LogP contribution < -0.4 is 5.73 Å². The summed E-state index contributed by atoms with van der Waals surface area (Å²) in [4.78, 5) is 4.88. The topological polar surface area (TPSA) is 43.3 Å². The van der Waals surface area contributed by atoms with Crippen molar-refractivity contribution >= 4 is 5.65 Å². The van der Waals surface area contributed by atoms with Crippen LogP contribution in [0, 0.1) is 5.92 Å². The van der Waals surface area contributed by atoms with Crippen molar-refractivity contribution in [2.45, 2.75) is 64.3 Å². The van der Waals surface area contributed by atoms with Gasteiger partial charge in [-0.25, -0.2) is 4.98 Å². The Balaban J connectivity index is 2.10. The molecule has 1 aliphatic rings. The molecule has 21 heavy (non-hydrogen) atoms. The van der Waals surface area contributed by atoms with Gasteiger partial charge in [0.15, 0.2) is 0 Å². The maximum Gasteiger partial charge on any atom is 0.137 e. The number of rotatable bonds is 2. The molecule has 1 aliphatic carbocycles. The van der Waals surface area contributed by atoms with Crippen molar-refractivity contribution in [2.75, 3.05) is 0 Å². The number of aromatic nitrogens is 2. The van der Waals surface area contributed by atoms with Gasteiger partial charge in [0.05, 0.1) is 17.4 Å². The first-order chi connectivity index (χ1) is 9.98. The number of imidazole rings is 1. The molecule has 1 fully saturated rings. The number of nitrogens with zero attached hydrogens (tertiary/aromatic N) is 2. The van der Waals surface area contributed by atoms with Crippen molar-refractivity contribution in [2.24, 2.45) is 11.7 Å². The van der Waals surface area contributed by atoms with Crippen molar-refractivity contribution in [3.63, 3.8) is 0 Å². The van der Waals surface area contributed by atoms with Gasteiger partial charge in [-0.2, -0.15) is 0 Å². The van der Waals surface area contributed by atoms with Crippen molar-refractivity contribution in [3.8, 4) is 0 Å². The Morgan fingerprint density at radius 2 is 1.90 bits per heavy atom. The Morgan fingerprint density at radius 1 is 1.19 bits per heavy atom. The van der Waals surface area contributed by atoms with Crippen LogP contribution in [0.1, 0.15) is 70.3 Å². The second kappa shape index (κ2) is 5.45. The molecule has 1 unspecified atom stereocenters. The van der Waals surface area contributed by atoms with E-state index in [9.17, 15) is 0 Å². The fraction of sp³-hybridized carbons (Fsp3) is 0.611. The average molecular weight is 285 g/mol. The molecule has 0 radical (unpaired) electrons. The summed E-state index contributed by atoms with van der Waals surface area (Å²) in [7, 11) is 0. The molecule has 2 heterocycles. The lowest BCUT2D eigenvalue weighted by molar-refractivity contribution is 0.301. The average Bonchev–Trinajstić information content (AvgIpc) is 2.87. The van der Waals surface area contributed by atoms with Gasteiger partial charge in [-0.05, 0) is 30.9 Å². The highest BCUT2D eigenvalue weighted by Crippen LogP contribution is 2.37. The van der Waals surface area contributed by atoms with Crippen LogP contribution in [0.25, 0.3) is 5.65 Å². The van der Waals surface area contributed by atoms with Crippen molar-refractivity contribution in [3.05, 3.63) is 35.8 Å². The van der Waals surface area contributed by atoms with Gasteiger partial charge >= 0.3 is 0 Å². The van der Waals surface area contributed by atoms with Gasteiger partial charge in [-0.3, -0.25) is 0 Å². The molecular formula is C18H27N3. The maximum absolute atomic E-state index is 6.72. The summed E-state index contributed by atoms with van der Waals surface area (Å²) >= 11 is 0. The fourth-order valence-corrected chi connectivity index (χ4v) is 3.60. The number of hydrogen-bond donors (Lipinski definition) is 1. The number of fused-ring (bicyclic) bond motifs is 1. The summed E-state index contributed by atoms with van der Waals surface area (Å²) in [5.74, 6) is 0.597. The first-order valence-electron chi connectivity index (χ1n) is 8.21. The van der Waals surface area contributed by atoms with Crippen LogP contribution in [0.2, 0.25) is 0 Å². The van der Waals surface area contributed by atoms with E-state index in [1.807, 2.05) is 6.07 Å². The maximum atomic E-state index is 6.72. The second-order valence-corrected chi connectivity index (χ2v) is 7.45. The highest BCUT2D eigenvalue weighted by Gasteiger charge is 2.31. The Hall–Kier alpha value is -1.35. The van der Waals surface area contributed by atoms with Crippen LogP contribution in [-0.4, -0.2) is 9.38 Å². The molecule has 3 heteroatoms. The monoisotopic (exact) mass is 285 g/mol. The fourth-order valence-electron chi connectivity index (χ4n) is 3.60. The molecule has 3 nitrogen and oxygen atoms in total.